The van der Waals surface area contributed by atoms with Gasteiger partial charge in [0.1, 0.15) is 0 Å². The van der Waals surface area contributed by atoms with Crippen LogP contribution < -0.4 is 10.2 Å². The molecule has 86 valence electrons. The molecule has 0 amide bonds. The van der Waals surface area contributed by atoms with Crippen LogP contribution in [0.3, 0.4) is 0 Å². The first-order chi connectivity index (χ1) is 7.17. The van der Waals surface area contributed by atoms with Gasteiger partial charge >= 0.3 is 0 Å². The highest BCUT2D eigenvalue weighted by Crippen LogP contribution is 2.08. The normalized spacial score (nSPS) is 11.0. The topological polar surface area (TPSA) is 44.0 Å². The SMILES string of the molecule is CCN(CC)c1ncc(CNC(C)C)[nH]1. The Morgan fingerprint density at radius 2 is 2.07 bits per heavy atom. The second-order valence-electron chi connectivity index (χ2n) is 3.94. The largest absolute Gasteiger partial charge is 0.343 e. The molecule has 0 saturated carbocycles. The number of nitrogens with zero attached hydrogens (tertiary/aromatic N) is 2. The molecule has 0 bridgehead atoms. The zero-order valence-corrected chi connectivity index (χ0v) is 10.2. The molecule has 0 spiro atoms. The summed E-state index contributed by atoms with van der Waals surface area (Å²) in [5.41, 5.74) is 1.14. The van der Waals surface area contributed by atoms with Gasteiger partial charge in [0.2, 0.25) is 5.95 Å². The Morgan fingerprint density at radius 1 is 1.40 bits per heavy atom. The van der Waals surface area contributed by atoms with Crippen LogP contribution in [0.15, 0.2) is 6.20 Å². The van der Waals surface area contributed by atoms with Crippen LogP contribution in [0.2, 0.25) is 0 Å². The maximum absolute atomic E-state index is 4.37. The van der Waals surface area contributed by atoms with E-state index in [0.29, 0.717) is 6.04 Å². The van der Waals surface area contributed by atoms with Gasteiger partial charge in [0.05, 0.1) is 11.9 Å². The fourth-order valence-corrected chi connectivity index (χ4v) is 1.43. The Balaban J connectivity index is 2.55. The molecule has 0 aliphatic heterocycles. The van der Waals surface area contributed by atoms with E-state index in [0.717, 1.165) is 31.3 Å². The summed E-state index contributed by atoms with van der Waals surface area (Å²) in [4.78, 5) is 9.90. The Kier molecular flexibility index (Phi) is 4.62. The van der Waals surface area contributed by atoms with Crippen LogP contribution in [0.4, 0.5) is 5.95 Å². The van der Waals surface area contributed by atoms with E-state index in [2.05, 4.69) is 47.9 Å². The van der Waals surface area contributed by atoms with Crippen molar-refractivity contribution in [3.05, 3.63) is 11.9 Å². The number of hydrogen-bond donors (Lipinski definition) is 2. The molecule has 1 aromatic heterocycles. The maximum Gasteiger partial charge on any atom is 0.202 e. The molecule has 0 aromatic carbocycles. The van der Waals surface area contributed by atoms with Crippen LogP contribution >= 0.6 is 0 Å². The van der Waals surface area contributed by atoms with E-state index in [1.54, 1.807) is 0 Å². The second-order valence-corrected chi connectivity index (χ2v) is 3.94. The van der Waals surface area contributed by atoms with Gasteiger partial charge in [-0.2, -0.15) is 0 Å². The zero-order valence-electron chi connectivity index (χ0n) is 10.2. The standard InChI is InChI=1S/C11H22N4/c1-5-15(6-2)11-13-8-10(14-11)7-12-9(3)4/h8-9,12H,5-7H2,1-4H3,(H,13,14). The molecule has 0 fully saturated rings. The number of nitrogens with one attached hydrogen (secondary N) is 2. The van der Waals surface area contributed by atoms with Crippen LogP contribution in [0, 0.1) is 0 Å². The number of hydrogen-bond acceptors (Lipinski definition) is 3. The number of aromatic amines is 1. The predicted molar refractivity (Wildman–Crippen MR) is 64.1 cm³/mol. The average molecular weight is 210 g/mol. The third-order valence-electron chi connectivity index (χ3n) is 2.38. The van der Waals surface area contributed by atoms with E-state index < -0.39 is 0 Å². The molecule has 15 heavy (non-hydrogen) atoms. The first-order valence-corrected chi connectivity index (χ1v) is 5.69. The van der Waals surface area contributed by atoms with E-state index in [4.69, 9.17) is 0 Å². The summed E-state index contributed by atoms with van der Waals surface area (Å²) in [6, 6.07) is 0.505. The van der Waals surface area contributed by atoms with Crippen molar-refractivity contribution < 1.29 is 0 Å². The van der Waals surface area contributed by atoms with Crippen molar-refractivity contribution in [2.45, 2.75) is 40.3 Å². The number of H-pyrrole nitrogens is 1. The number of rotatable bonds is 6. The van der Waals surface area contributed by atoms with Gasteiger partial charge in [0.15, 0.2) is 0 Å². The zero-order chi connectivity index (χ0) is 11.3. The van der Waals surface area contributed by atoms with Gasteiger partial charge in [-0.3, -0.25) is 0 Å². The summed E-state index contributed by atoms with van der Waals surface area (Å²) < 4.78 is 0. The molecule has 1 rings (SSSR count). The summed E-state index contributed by atoms with van der Waals surface area (Å²) in [5, 5.41) is 3.36. The van der Waals surface area contributed by atoms with Gasteiger partial charge in [-0.25, -0.2) is 4.98 Å². The van der Waals surface area contributed by atoms with Crippen molar-refractivity contribution in [3.8, 4) is 0 Å². The van der Waals surface area contributed by atoms with E-state index in [1.165, 1.54) is 0 Å². The molecule has 1 aromatic rings. The van der Waals surface area contributed by atoms with Crippen molar-refractivity contribution in [2.24, 2.45) is 0 Å². The lowest BCUT2D eigenvalue weighted by Gasteiger charge is -2.16. The van der Waals surface area contributed by atoms with Crippen LogP contribution in [0.1, 0.15) is 33.4 Å². The van der Waals surface area contributed by atoms with E-state index in [-0.39, 0.29) is 0 Å². The van der Waals surface area contributed by atoms with Crippen molar-refractivity contribution in [1.82, 2.24) is 15.3 Å². The maximum atomic E-state index is 4.37. The third-order valence-corrected chi connectivity index (χ3v) is 2.38. The molecule has 0 saturated heterocycles. The fraction of sp³-hybridized carbons (Fsp3) is 0.727. The van der Waals surface area contributed by atoms with Crippen LogP contribution in [-0.4, -0.2) is 29.1 Å². The van der Waals surface area contributed by atoms with Crippen molar-refractivity contribution in [1.29, 1.82) is 0 Å². The van der Waals surface area contributed by atoms with Crippen molar-refractivity contribution in [3.63, 3.8) is 0 Å². The lowest BCUT2D eigenvalue weighted by Crippen LogP contribution is -2.24. The Morgan fingerprint density at radius 3 is 2.60 bits per heavy atom. The summed E-state index contributed by atoms with van der Waals surface area (Å²) in [6.07, 6.45) is 1.91. The van der Waals surface area contributed by atoms with E-state index in [9.17, 15) is 0 Å². The molecule has 2 N–H and O–H groups in total. The Bertz CT molecular complexity index is 276. The van der Waals surface area contributed by atoms with E-state index in [1.807, 2.05) is 6.20 Å². The molecule has 4 heteroatoms. The van der Waals surface area contributed by atoms with Crippen LogP contribution in [0.25, 0.3) is 0 Å². The van der Waals surface area contributed by atoms with Gasteiger partial charge in [0, 0.05) is 25.7 Å². The highest BCUT2D eigenvalue weighted by molar-refractivity contribution is 5.30. The van der Waals surface area contributed by atoms with Gasteiger partial charge in [0.25, 0.3) is 0 Å². The lowest BCUT2D eigenvalue weighted by atomic mass is 10.4. The first-order valence-electron chi connectivity index (χ1n) is 5.69. The first kappa shape index (κ1) is 12.0. The minimum Gasteiger partial charge on any atom is -0.343 e. The third kappa shape index (κ3) is 3.55. The van der Waals surface area contributed by atoms with Crippen molar-refractivity contribution in [2.75, 3.05) is 18.0 Å². The molecular formula is C11H22N4. The van der Waals surface area contributed by atoms with Gasteiger partial charge in [-0.05, 0) is 13.8 Å². The molecule has 0 aliphatic rings. The molecule has 1 heterocycles. The van der Waals surface area contributed by atoms with Gasteiger partial charge in [-0.1, -0.05) is 13.8 Å². The van der Waals surface area contributed by atoms with Gasteiger partial charge < -0.3 is 15.2 Å². The molecule has 0 radical (unpaired) electrons. The fourth-order valence-electron chi connectivity index (χ4n) is 1.43. The summed E-state index contributed by atoms with van der Waals surface area (Å²) in [7, 11) is 0. The number of imidazole rings is 1. The molecule has 0 unspecified atom stereocenters. The van der Waals surface area contributed by atoms with Crippen LogP contribution in [0.5, 0.6) is 0 Å². The molecule has 0 aliphatic carbocycles. The predicted octanol–water partition coefficient (Wildman–Crippen LogP) is 1.75. The highest BCUT2D eigenvalue weighted by Gasteiger charge is 2.06. The molecular weight excluding hydrogens is 188 g/mol. The highest BCUT2D eigenvalue weighted by atomic mass is 15.3. The summed E-state index contributed by atoms with van der Waals surface area (Å²) in [5.74, 6) is 0.973. The Labute approximate surface area is 92.1 Å². The average Bonchev–Trinajstić information content (AvgIpc) is 2.65. The smallest absolute Gasteiger partial charge is 0.202 e. The molecule has 4 nitrogen and oxygen atoms in total. The van der Waals surface area contributed by atoms with Crippen LogP contribution in [-0.2, 0) is 6.54 Å². The summed E-state index contributed by atoms with van der Waals surface area (Å²) >= 11 is 0. The molecule has 0 atom stereocenters. The Hall–Kier alpha value is -1.03. The van der Waals surface area contributed by atoms with Crippen molar-refractivity contribution >= 4 is 5.95 Å². The van der Waals surface area contributed by atoms with E-state index >= 15 is 0 Å². The minimum atomic E-state index is 0.505. The number of anilines is 1. The van der Waals surface area contributed by atoms with Gasteiger partial charge in [-0.15, -0.1) is 0 Å². The monoisotopic (exact) mass is 210 g/mol. The lowest BCUT2D eigenvalue weighted by molar-refractivity contribution is 0.582. The number of aromatic nitrogens is 2. The minimum absolute atomic E-state index is 0.505. The quantitative estimate of drug-likeness (QED) is 0.752. The summed E-state index contributed by atoms with van der Waals surface area (Å²) in [6.45, 7) is 11.4. The second kappa shape index (κ2) is 5.75.